The topological polar surface area (TPSA) is 29.3 Å². The third-order valence-electron chi connectivity index (χ3n) is 3.42. The third kappa shape index (κ3) is 4.30. The summed E-state index contributed by atoms with van der Waals surface area (Å²) < 4.78 is 0. The Morgan fingerprint density at radius 1 is 1.28 bits per heavy atom. The molecular weight excluding hydrogens is 240 g/mol. The molecule has 0 aliphatic heterocycles. The van der Waals surface area contributed by atoms with Crippen LogP contribution in [-0.2, 0) is 0 Å². The van der Waals surface area contributed by atoms with Gasteiger partial charge in [0.05, 0.1) is 0 Å². The van der Waals surface area contributed by atoms with Gasteiger partial charge in [-0.15, -0.1) is 0 Å². The van der Waals surface area contributed by atoms with Gasteiger partial charge in [-0.3, -0.25) is 4.90 Å². The molecule has 0 aliphatic rings. The third-order valence-corrected chi connectivity index (χ3v) is 4.01. The molecule has 0 aromatic heterocycles. The Hall–Kier alpha value is -0.510. The van der Waals surface area contributed by atoms with Gasteiger partial charge < -0.3 is 5.73 Å². The van der Waals surface area contributed by atoms with Crippen molar-refractivity contribution in [3.63, 3.8) is 0 Å². The van der Waals surface area contributed by atoms with Gasteiger partial charge in [0.25, 0.3) is 0 Å². The molecule has 102 valence electrons. The van der Waals surface area contributed by atoms with E-state index in [1.54, 1.807) is 0 Å². The summed E-state index contributed by atoms with van der Waals surface area (Å²) in [6.07, 6.45) is 3.15. The maximum absolute atomic E-state index is 6.31. The lowest BCUT2D eigenvalue weighted by atomic mass is 9.96. The first kappa shape index (κ1) is 15.5. The molecule has 0 bridgehead atoms. The molecule has 0 aliphatic carbocycles. The number of thioether (sulfide) groups is 1. The molecule has 0 fully saturated rings. The van der Waals surface area contributed by atoms with Gasteiger partial charge >= 0.3 is 0 Å². The summed E-state index contributed by atoms with van der Waals surface area (Å²) in [5.74, 6) is 1.15. The molecule has 1 aromatic rings. The molecule has 0 amide bonds. The molecule has 0 spiro atoms. The zero-order valence-electron chi connectivity index (χ0n) is 12.0. The molecule has 0 radical (unpaired) electrons. The minimum absolute atomic E-state index is 0.194. The molecule has 3 heteroatoms. The van der Waals surface area contributed by atoms with E-state index < -0.39 is 0 Å². The first-order chi connectivity index (χ1) is 8.60. The molecule has 2 unspecified atom stereocenters. The van der Waals surface area contributed by atoms with E-state index in [1.165, 1.54) is 11.1 Å². The van der Waals surface area contributed by atoms with Crippen molar-refractivity contribution >= 4 is 11.8 Å². The Kier molecular flexibility index (Phi) is 6.76. The standard InChI is InChI=1S/C15H26N2S/c1-5-14(16)15(17(3)10-11-18-4)13-8-6-12(2)7-9-13/h6-9,14-15H,5,10-11,16H2,1-4H3. The highest BCUT2D eigenvalue weighted by Gasteiger charge is 2.22. The van der Waals surface area contributed by atoms with Crippen molar-refractivity contribution in [1.82, 2.24) is 4.90 Å². The van der Waals surface area contributed by atoms with E-state index in [4.69, 9.17) is 5.73 Å². The van der Waals surface area contributed by atoms with Gasteiger partial charge in [0, 0.05) is 24.4 Å². The monoisotopic (exact) mass is 266 g/mol. The lowest BCUT2D eigenvalue weighted by Crippen LogP contribution is -2.39. The Labute approximate surface area is 116 Å². The van der Waals surface area contributed by atoms with E-state index >= 15 is 0 Å². The van der Waals surface area contributed by atoms with Gasteiger partial charge in [-0.25, -0.2) is 0 Å². The summed E-state index contributed by atoms with van der Waals surface area (Å²) >= 11 is 1.88. The molecule has 0 saturated heterocycles. The van der Waals surface area contributed by atoms with Crippen molar-refractivity contribution in [1.29, 1.82) is 0 Å². The van der Waals surface area contributed by atoms with Gasteiger partial charge in [-0.2, -0.15) is 11.8 Å². The highest BCUT2D eigenvalue weighted by Crippen LogP contribution is 2.24. The van der Waals surface area contributed by atoms with Gasteiger partial charge in [0.15, 0.2) is 0 Å². The second-order valence-electron chi connectivity index (χ2n) is 4.90. The van der Waals surface area contributed by atoms with Crippen molar-refractivity contribution in [2.45, 2.75) is 32.4 Å². The number of likely N-dealkylation sites (N-methyl/N-ethyl adjacent to an activating group) is 1. The molecule has 2 atom stereocenters. The van der Waals surface area contributed by atoms with Crippen molar-refractivity contribution < 1.29 is 0 Å². The number of nitrogens with two attached hydrogens (primary N) is 1. The molecule has 18 heavy (non-hydrogen) atoms. The van der Waals surface area contributed by atoms with Crippen LogP contribution in [0.15, 0.2) is 24.3 Å². The fourth-order valence-electron chi connectivity index (χ4n) is 2.19. The average molecular weight is 266 g/mol. The van der Waals surface area contributed by atoms with Crippen molar-refractivity contribution in [2.24, 2.45) is 5.73 Å². The predicted molar refractivity (Wildman–Crippen MR) is 83.2 cm³/mol. The summed E-state index contributed by atoms with van der Waals surface area (Å²) in [7, 11) is 2.18. The van der Waals surface area contributed by atoms with Gasteiger partial charge in [-0.05, 0) is 32.2 Å². The molecule has 1 rings (SSSR count). The summed E-state index contributed by atoms with van der Waals surface area (Å²) in [4.78, 5) is 2.38. The molecular formula is C15H26N2S. The zero-order chi connectivity index (χ0) is 13.5. The van der Waals surface area contributed by atoms with Crippen LogP contribution in [-0.4, -0.2) is 36.5 Å². The van der Waals surface area contributed by atoms with Crippen LogP contribution >= 0.6 is 11.8 Å². The lowest BCUT2D eigenvalue weighted by Gasteiger charge is -2.32. The highest BCUT2D eigenvalue weighted by molar-refractivity contribution is 7.98. The largest absolute Gasteiger partial charge is 0.326 e. The van der Waals surface area contributed by atoms with Crippen LogP contribution in [0.25, 0.3) is 0 Å². The fraction of sp³-hybridized carbons (Fsp3) is 0.600. The minimum atomic E-state index is 0.194. The minimum Gasteiger partial charge on any atom is -0.326 e. The van der Waals surface area contributed by atoms with Crippen LogP contribution in [0.3, 0.4) is 0 Å². The Morgan fingerprint density at radius 3 is 2.39 bits per heavy atom. The Bertz CT molecular complexity index is 337. The SMILES string of the molecule is CCC(N)C(c1ccc(C)cc1)N(C)CCSC. The summed E-state index contributed by atoms with van der Waals surface area (Å²) in [6, 6.07) is 9.29. The summed E-state index contributed by atoms with van der Waals surface area (Å²) in [6.45, 7) is 5.36. The highest BCUT2D eigenvalue weighted by atomic mass is 32.2. The van der Waals surface area contributed by atoms with Crippen LogP contribution < -0.4 is 5.73 Å². The van der Waals surface area contributed by atoms with E-state index in [9.17, 15) is 0 Å². The van der Waals surface area contributed by atoms with Crippen LogP contribution in [0.1, 0.15) is 30.5 Å². The van der Waals surface area contributed by atoms with Gasteiger partial charge in [0.1, 0.15) is 0 Å². The molecule has 2 N–H and O–H groups in total. The molecule has 1 aromatic carbocycles. The number of benzene rings is 1. The summed E-state index contributed by atoms with van der Waals surface area (Å²) in [5, 5.41) is 0. The Morgan fingerprint density at radius 2 is 1.89 bits per heavy atom. The summed E-state index contributed by atoms with van der Waals surface area (Å²) in [5.41, 5.74) is 8.94. The van der Waals surface area contributed by atoms with Crippen LogP contribution in [0.5, 0.6) is 0 Å². The smallest absolute Gasteiger partial charge is 0.0496 e. The second-order valence-corrected chi connectivity index (χ2v) is 5.89. The fourth-order valence-corrected chi connectivity index (χ4v) is 2.66. The van der Waals surface area contributed by atoms with Gasteiger partial charge in [-0.1, -0.05) is 36.8 Å². The number of hydrogen-bond donors (Lipinski definition) is 1. The normalized spacial score (nSPS) is 14.8. The molecule has 2 nitrogen and oxygen atoms in total. The number of rotatable bonds is 7. The average Bonchev–Trinajstić information content (AvgIpc) is 2.38. The van der Waals surface area contributed by atoms with E-state index in [2.05, 4.69) is 56.3 Å². The first-order valence-corrected chi connectivity index (χ1v) is 8.00. The quantitative estimate of drug-likeness (QED) is 0.822. The van der Waals surface area contributed by atoms with Crippen LogP contribution in [0.4, 0.5) is 0 Å². The Balaban J connectivity index is 2.86. The molecule has 0 saturated carbocycles. The zero-order valence-corrected chi connectivity index (χ0v) is 12.8. The van der Waals surface area contributed by atoms with Crippen LogP contribution in [0.2, 0.25) is 0 Å². The predicted octanol–water partition coefficient (Wildman–Crippen LogP) is 3.07. The van der Waals surface area contributed by atoms with E-state index in [-0.39, 0.29) is 6.04 Å². The van der Waals surface area contributed by atoms with Crippen molar-refractivity contribution in [3.8, 4) is 0 Å². The maximum Gasteiger partial charge on any atom is 0.0496 e. The number of nitrogens with zero attached hydrogens (tertiary/aromatic N) is 1. The molecule has 0 heterocycles. The maximum atomic E-state index is 6.31. The number of hydrogen-bond acceptors (Lipinski definition) is 3. The van der Waals surface area contributed by atoms with E-state index in [0.29, 0.717) is 6.04 Å². The van der Waals surface area contributed by atoms with Crippen LogP contribution in [0, 0.1) is 6.92 Å². The number of aryl methyl sites for hydroxylation is 1. The lowest BCUT2D eigenvalue weighted by molar-refractivity contribution is 0.221. The first-order valence-electron chi connectivity index (χ1n) is 6.61. The van der Waals surface area contributed by atoms with E-state index in [1.807, 2.05) is 11.8 Å². The van der Waals surface area contributed by atoms with E-state index in [0.717, 1.165) is 18.7 Å². The van der Waals surface area contributed by atoms with Crippen molar-refractivity contribution in [2.75, 3.05) is 25.6 Å². The van der Waals surface area contributed by atoms with Gasteiger partial charge in [0.2, 0.25) is 0 Å². The second kappa shape index (κ2) is 7.82. The van der Waals surface area contributed by atoms with Crippen molar-refractivity contribution in [3.05, 3.63) is 35.4 Å².